The molecule has 0 radical (unpaired) electrons. The zero-order valence-corrected chi connectivity index (χ0v) is 18.1. The van der Waals surface area contributed by atoms with Gasteiger partial charge in [0.25, 0.3) is 0 Å². The molecule has 9 heteroatoms. The lowest BCUT2D eigenvalue weighted by atomic mass is 10.2. The zero-order valence-electron chi connectivity index (χ0n) is 17.2. The SMILES string of the molecule is CC(=O)NCCOCCOCCOCCN1C(=O)CC(SCCC(C)C)C1=O. The van der Waals surface area contributed by atoms with E-state index in [1.54, 1.807) is 11.8 Å². The number of carbonyl (C=O) groups excluding carboxylic acids is 3. The first-order chi connectivity index (χ1) is 13.4. The Kier molecular flexibility index (Phi) is 13.1. The average molecular weight is 419 g/mol. The molecule has 1 rings (SSSR count). The second-order valence-corrected chi connectivity index (χ2v) is 8.26. The quantitative estimate of drug-likeness (QED) is 0.296. The van der Waals surface area contributed by atoms with E-state index in [-0.39, 0.29) is 23.0 Å². The van der Waals surface area contributed by atoms with Gasteiger partial charge in [-0.25, -0.2) is 0 Å². The van der Waals surface area contributed by atoms with Gasteiger partial charge in [-0.15, -0.1) is 11.8 Å². The number of amides is 3. The molecule has 0 aliphatic carbocycles. The van der Waals surface area contributed by atoms with Gasteiger partial charge >= 0.3 is 0 Å². The van der Waals surface area contributed by atoms with Gasteiger partial charge in [-0.3, -0.25) is 19.3 Å². The fraction of sp³-hybridized carbons (Fsp3) is 0.842. The predicted molar refractivity (Wildman–Crippen MR) is 108 cm³/mol. The summed E-state index contributed by atoms with van der Waals surface area (Å²) in [6.07, 6.45) is 1.35. The first-order valence-electron chi connectivity index (χ1n) is 9.85. The molecule has 1 N–H and O–H groups in total. The lowest BCUT2D eigenvalue weighted by molar-refractivity contribution is -0.139. The number of likely N-dealkylation sites (tertiary alicyclic amines) is 1. The minimum atomic E-state index is -0.236. The van der Waals surface area contributed by atoms with Gasteiger partial charge in [0.05, 0.1) is 51.4 Å². The van der Waals surface area contributed by atoms with Crippen molar-refractivity contribution in [2.24, 2.45) is 5.92 Å². The fourth-order valence-corrected chi connectivity index (χ4v) is 3.88. The summed E-state index contributed by atoms with van der Waals surface area (Å²) in [5.41, 5.74) is 0. The summed E-state index contributed by atoms with van der Waals surface area (Å²) < 4.78 is 16.1. The van der Waals surface area contributed by atoms with Crippen LogP contribution in [-0.2, 0) is 28.6 Å². The summed E-state index contributed by atoms with van der Waals surface area (Å²) in [7, 11) is 0. The average Bonchev–Trinajstić information content (AvgIpc) is 2.89. The molecular formula is C19H34N2O6S. The Morgan fingerprint density at radius 2 is 1.71 bits per heavy atom. The van der Waals surface area contributed by atoms with Crippen LogP contribution in [0.1, 0.15) is 33.6 Å². The van der Waals surface area contributed by atoms with Crippen LogP contribution in [0.25, 0.3) is 0 Å². The van der Waals surface area contributed by atoms with Gasteiger partial charge in [0.15, 0.2) is 0 Å². The maximum Gasteiger partial charge on any atom is 0.242 e. The van der Waals surface area contributed by atoms with Crippen LogP contribution < -0.4 is 5.32 Å². The third kappa shape index (κ3) is 11.0. The molecule has 0 aromatic carbocycles. The lowest BCUT2D eigenvalue weighted by Gasteiger charge is -2.15. The van der Waals surface area contributed by atoms with Gasteiger partial charge < -0.3 is 19.5 Å². The number of rotatable bonds is 16. The minimum Gasteiger partial charge on any atom is -0.377 e. The molecule has 162 valence electrons. The van der Waals surface area contributed by atoms with Gasteiger partial charge in [0.2, 0.25) is 17.7 Å². The molecule has 1 atom stereocenters. The van der Waals surface area contributed by atoms with Crippen LogP contribution >= 0.6 is 11.8 Å². The topological polar surface area (TPSA) is 94.2 Å². The van der Waals surface area contributed by atoms with Gasteiger partial charge in [0.1, 0.15) is 0 Å². The Balaban J connectivity index is 1.99. The highest BCUT2D eigenvalue weighted by molar-refractivity contribution is 8.00. The van der Waals surface area contributed by atoms with Crippen LogP contribution in [0, 0.1) is 5.92 Å². The van der Waals surface area contributed by atoms with Crippen molar-refractivity contribution in [3.8, 4) is 0 Å². The smallest absolute Gasteiger partial charge is 0.242 e. The van der Waals surface area contributed by atoms with E-state index in [4.69, 9.17) is 14.2 Å². The van der Waals surface area contributed by atoms with E-state index in [0.717, 1.165) is 12.2 Å². The van der Waals surface area contributed by atoms with Crippen molar-refractivity contribution in [2.75, 3.05) is 58.5 Å². The first-order valence-corrected chi connectivity index (χ1v) is 10.9. The van der Waals surface area contributed by atoms with Gasteiger partial charge in [-0.2, -0.15) is 0 Å². The van der Waals surface area contributed by atoms with Gasteiger partial charge in [0, 0.05) is 19.9 Å². The van der Waals surface area contributed by atoms with E-state index in [2.05, 4.69) is 19.2 Å². The number of thioether (sulfide) groups is 1. The van der Waals surface area contributed by atoms with E-state index in [1.807, 2.05) is 0 Å². The standard InChI is InChI=1S/C19H34N2O6S/c1-15(2)4-13-28-17-14-18(23)21(19(17)24)6-8-26-10-12-27-11-9-25-7-5-20-16(3)22/h15,17H,4-14H2,1-3H3,(H,20,22). The summed E-state index contributed by atoms with van der Waals surface area (Å²) in [4.78, 5) is 36.3. The van der Waals surface area contributed by atoms with E-state index in [1.165, 1.54) is 11.8 Å². The largest absolute Gasteiger partial charge is 0.377 e. The van der Waals surface area contributed by atoms with Crippen molar-refractivity contribution in [1.29, 1.82) is 0 Å². The minimum absolute atomic E-state index is 0.0743. The number of carbonyl (C=O) groups is 3. The highest BCUT2D eigenvalue weighted by atomic mass is 32.2. The third-order valence-corrected chi connectivity index (χ3v) is 5.28. The van der Waals surface area contributed by atoms with E-state index in [9.17, 15) is 14.4 Å². The molecule has 28 heavy (non-hydrogen) atoms. The van der Waals surface area contributed by atoms with Crippen LogP contribution in [0.4, 0.5) is 0 Å². The third-order valence-electron chi connectivity index (χ3n) is 4.04. The normalized spacial score (nSPS) is 17.0. The van der Waals surface area contributed by atoms with Crippen molar-refractivity contribution in [3.63, 3.8) is 0 Å². The molecule has 0 aromatic rings. The molecule has 0 spiro atoms. The molecule has 0 bridgehead atoms. The van der Waals surface area contributed by atoms with Crippen molar-refractivity contribution >= 4 is 29.5 Å². The molecule has 1 unspecified atom stereocenters. The molecule has 3 amide bonds. The molecular weight excluding hydrogens is 384 g/mol. The van der Waals surface area contributed by atoms with Crippen molar-refractivity contribution in [1.82, 2.24) is 10.2 Å². The monoisotopic (exact) mass is 418 g/mol. The first kappa shape index (κ1) is 24.9. The summed E-state index contributed by atoms with van der Waals surface area (Å²) in [6, 6.07) is 0. The van der Waals surface area contributed by atoms with Crippen LogP contribution in [0.5, 0.6) is 0 Å². The maximum absolute atomic E-state index is 12.3. The number of hydrogen-bond acceptors (Lipinski definition) is 7. The molecule has 1 aliphatic rings. The highest BCUT2D eigenvalue weighted by Crippen LogP contribution is 2.26. The Morgan fingerprint density at radius 1 is 1.11 bits per heavy atom. The molecule has 0 aromatic heterocycles. The van der Waals surface area contributed by atoms with Crippen LogP contribution in [-0.4, -0.2) is 86.4 Å². The van der Waals surface area contributed by atoms with Gasteiger partial charge in [-0.05, 0) is 18.1 Å². The molecule has 1 aliphatic heterocycles. The van der Waals surface area contributed by atoms with Crippen LogP contribution in [0.2, 0.25) is 0 Å². The molecule has 1 heterocycles. The van der Waals surface area contributed by atoms with Crippen LogP contribution in [0.3, 0.4) is 0 Å². The number of imide groups is 1. The number of ether oxygens (including phenoxy) is 3. The Bertz CT molecular complexity index is 489. The second-order valence-electron chi connectivity index (χ2n) is 6.95. The van der Waals surface area contributed by atoms with E-state index >= 15 is 0 Å². The fourth-order valence-electron chi connectivity index (χ4n) is 2.46. The molecule has 8 nitrogen and oxygen atoms in total. The summed E-state index contributed by atoms with van der Waals surface area (Å²) >= 11 is 1.58. The summed E-state index contributed by atoms with van der Waals surface area (Å²) in [5.74, 6) is 1.23. The lowest BCUT2D eigenvalue weighted by Crippen LogP contribution is -2.34. The maximum atomic E-state index is 12.3. The molecule has 1 saturated heterocycles. The number of nitrogens with zero attached hydrogens (tertiary/aromatic N) is 1. The Hall–Kier alpha value is -1.16. The summed E-state index contributed by atoms with van der Waals surface area (Å²) in [6.45, 7) is 9.03. The molecule has 1 fully saturated rings. The summed E-state index contributed by atoms with van der Waals surface area (Å²) in [5, 5.41) is 2.40. The van der Waals surface area contributed by atoms with E-state index < -0.39 is 0 Å². The van der Waals surface area contributed by atoms with Crippen LogP contribution in [0.15, 0.2) is 0 Å². The second kappa shape index (κ2) is 14.8. The van der Waals surface area contributed by atoms with Crippen molar-refractivity contribution in [2.45, 2.75) is 38.9 Å². The number of hydrogen-bond donors (Lipinski definition) is 1. The predicted octanol–water partition coefficient (Wildman–Crippen LogP) is 1.08. The van der Waals surface area contributed by atoms with E-state index in [0.29, 0.717) is 65.1 Å². The Morgan fingerprint density at radius 3 is 2.32 bits per heavy atom. The highest BCUT2D eigenvalue weighted by Gasteiger charge is 2.38. The van der Waals surface area contributed by atoms with Gasteiger partial charge in [-0.1, -0.05) is 13.8 Å². The van der Waals surface area contributed by atoms with Crippen molar-refractivity contribution in [3.05, 3.63) is 0 Å². The molecule has 0 saturated carbocycles. The Labute approximate surface area is 172 Å². The van der Waals surface area contributed by atoms with Crippen molar-refractivity contribution < 1.29 is 28.6 Å². The zero-order chi connectivity index (χ0) is 20.8. The number of nitrogens with one attached hydrogen (secondary N) is 1.